The molecule has 7 rings (SSSR count). The molecule has 1 aromatic rings. The molecule has 4 bridgehead atoms. The van der Waals surface area contributed by atoms with E-state index in [4.69, 9.17) is 14.2 Å². The molecule has 2 heterocycles. The second kappa shape index (κ2) is 6.35. The van der Waals surface area contributed by atoms with Crippen LogP contribution in [0.15, 0.2) is 24.3 Å². The topological polar surface area (TPSA) is 48.0 Å². The van der Waals surface area contributed by atoms with Gasteiger partial charge >= 0.3 is 0 Å². The molecule has 5 nitrogen and oxygen atoms in total. The van der Waals surface area contributed by atoms with Gasteiger partial charge < -0.3 is 19.1 Å². The normalized spacial score (nSPS) is 41.5. The molecule has 2 spiro atoms. The van der Waals surface area contributed by atoms with Gasteiger partial charge in [-0.3, -0.25) is 4.79 Å². The smallest absolute Gasteiger partial charge is 0.166 e. The SMILES string of the molecule is CCCC(=O)[C@H]1C[C@@]23C=C[C@]1(OC)[C@@H]1Oc4c(OC)ccc5c4[C@@]12CCN(C)[C@@H]3CC5. The fourth-order valence-electron chi connectivity index (χ4n) is 8.25. The molecule has 4 aliphatic carbocycles. The van der Waals surface area contributed by atoms with Crippen molar-refractivity contribution in [1.82, 2.24) is 4.90 Å². The van der Waals surface area contributed by atoms with Crippen LogP contribution < -0.4 is 9.47 Å². The van der Waals surface area contributed by atoms with E-state index in [1.807, 2.05) is 0 Å². The minimum absolute atomic E-state index is 0.123. The average molecular weight is 424 g/mol. The lowest BCUT2D eigenvalue weighted by Gasteiger charge is -2.68. The van der Waals surface area contributed by atoms with E-state index in [0.29, 0.717) is 18.2 Å². The lowest BCUT2D eigenvalue weighted by Crippen LogP contribution is -2.77. The number of Topliss-reactive ketones (excluding diaryl/α,β-unsaturated/α-hetero) is 1. The van der Waals surface area contributed by atoms with Crippen LogP contribution in [-0.4, -0.2) is 56.2 Å². The Bertz CT molecular complexity index is 988. The summed E-state index contributed by atoms with van der Waals surface area (Å²) in [5, 5.41) is 0. The summed E-state index contributed by atoms with van der Waals surface area (Å²) in [4.78, 5) is 16.0. The molecule has 0 aromatic heterocycles. The molecule has 0 amide bonds. The predicted molar refractivity (Wildman–Crippen MR) is 118 cm³/mol. The van der Waals surface area contributed by atoms with Crippen LogP contribution in [0.1, 0.15) is 50.2 Å². The molecule has 31 heavy (non-hydrogen) atoms. The fraction of sp³-hybridized carbons (Fsp3) is 0.654. The van der Waals surface area contributed by atoms with Crippen LogP contribution in [0.3, 0.4) is 0 Å². The minimum atomic E-state index is -0.722. The second-order valence-electron chi connectivity index (χ2n) is 10.3. The Hall–Kier alpha value is -1.85. The highest BCUT2D eigenvalue weighted by Gasteiger charge is 2.78. The van der Waals surface area contributed by atoms with Crippen LogP contribution in [0.4, 0.5) is 0 Å². The van der Waals surface area contributed by atoms with E-state index < -0.39 is 5.60 Å². The van der Waals surface area contributed by atoms with Crippen molar-refractivity contribution < 1.29 is 19.0 Å². The maximum Gasteiger partial charge on any atom is 0.166 e. The third-order valence-corrected chi connectivity index (χ3v) is 9.44. The number of hydrogen-bond acceptors (Lipinski definition) is 5. The Morgan fingerprint density at radius 3 is 2.87 bits per heavy atom. The van der Waals surface area contributed by atoms with E-state index in [2.05, 4.69) is 43.2 Å². The summed E-state index contributed by atoms with van der Waals surface area (Å²) in [6.07, 6.45) is 9.91. The van der Waals surface area contributed by atoms with E-state index >= 15 is 0 Å². The first kappa shape index (κ1) is 19.8. The minimum Gasteiger partial charge on any atom is -0.493 e. The molecule has 5 heteroatoms. The van der Waals surface area contributed by atoms with E-state index in [1.165, 1.54) is 11.1 Å². The molecular formula is C26H33NO4. The number of rotatable bonds is 5. The van der Waals surface area contributed by atoms with Crippen molar-refractivity contribution in [3.63, 3.8) is 0 Å². The number of carbonyl (C=O) groups is 1. The second-order valence-corrected chi connectivity index (χ2v) is 10.3. The number of nitrogens with zero attached hydrogens (tertiary/aromatic N) is 1. The Kier molecular flexibility index (Phi) is 4.06. The maximum atomic E-state index is 13.5. The number of methoxy groups -OCH3 is 2. The predicted octanol–water partition coefficient (Wildman–Crippen LogP) is 3.67. The molecule has 0 unspecified atom stereocenters. The van der Waals surface area contributed by atoms with Crippen LogP contribution in [-0.2, 0) is 21.4 Å². The van der Waals surface area contributed by atoms with E-state index in [1.54, 1.807) is 14.2 Å². The molecule has 166 valence electrons. The molecule has 2 aliphatic heterocycles. The van der Waals surface area contributed by atoms with Crippen molar-refractivity contribution in [2.75, 3.05) is 27.8 Å². The quantitative estimate of drug-likeness (QED) is 0.677. The summed E-state index contributed by atoms with van der Waals surface area (Å²) in [6, 6.07) is 4.69. The average Bonchev–Trinajstić information content (AvgIpc) is 3.12. The molecular weight excluding hydrogens is 390 g/mol. The van der Waals surface area contributed by atoms with E-state index in [-0.39, 0.29) is 22.9 Å². The standard InChI is InChI=1S/C26H33NO4/c1-5-6-18(28)17-15-24-11-12-26(17,30-4)23-25(24)13-14-27(2)20(24)10-8-16-7-9-19(29-3)22(31-23)21(16)25/h7,9,11-12,17,20,23H,5-6,8,10,13-15H2,1-4H3/t17-,20-,23-,24-,25+,26-/m1/s1. The zero-order valence-corrected chi connectivity index (χ0v) is 19.1. The molecule has 1 saturated carbocycles. The van der Waals surface area contributed by atoms with Gasteiger partial charge in [0.2, 0.25) is 0 Å². The number of hydrogen-bond donors (Lipinski definition) is 0. The molecule has 0 N–H and O–H groups in total. The van der Waals surface area contributed by atoms with Gasteiger partial charge in [-0.1, -0.05) is 25.1 Å². The Balaban J connectivity index is 1.67. The summed E-state index contributed by atoms with van der Waals surface area (Å²) < 4.78 is 19.0. The zero-order valence-electron chi connectivity index (χ0n) is 19.1. The first-order chi connectivity index (χ1) is 15.0. The van der Waals surface area contributed by atoms with Gasteiger partial charge in [0.25, 0.3) is 0 Å². The van der Waals surface area contributed by atoms with Gasteiger partial charge in [-0.15, -0.1) is 0 Å². The lowest BCUT2D eigenvalue weighted by atomic mass is 9.39. The molecule has 1 aromatic carbocycles. The van der Waals surface area contributed by atoms with Crippen molar-refractivity contribution in [2.45, 2.75) is 68.6 Å². The zero-order chi connectivity index (χ0) is 21.6. The number of ether oxygens (including phenoxy) is 3. The Morgan fingerprint density at radius 1 is 1.29 bits per heavy atom. The Labute approximate surface area is 184 Å². The summed E-state index contributed by atoms with van der Waals surface area (Å²) in [5.41, 5.74) is 1.72. The largest absolute Gasteiger partial charge is 0.493 e. The summed E-state index contributed by atoms with van der Waals surface area (Å²) >= 11 is 0. The number of piperidine rings is 1. The first-order valence-corrected chi connectivity index (χ1v) is 11.8. The van der Waals surface area contributed by atoms with Gasteiger partial charge in [0.05, 0.1) is 18.4 Å². The number of ketones is 1. The van der Waals surface area contributed by atoms with Crippen molar-refractivity contribution in [1.29, 1.82) is 0 Å². The van der Waals surface area contributed by atoms with Gasteiger partial charge in [0.1, 0.15) is 17.5 Å². The van der Waals surface area contributed by atoms with Crippen molar-refractivity contribution in [2.24, 2.45) is 11.3 Å². The Morgan fingerprint density at radius 2 is 2.13 bits per heavy atom. The number of likely N-dealkylation sites (tertiary alicyclic amines) is 1. The highest BCUT2D eigenvalue weighted by molar-refractivity contribution is 5.84. The van der Waals surface area contributed by atoms with Crippen molar-refractivity contribution >= 4 is 5.78 Å². The molecule has 6 aliphatic rings. The lowest BCUT2D eigenvalue weighted by molar-refractivity contribution is -0.210. The number of benzene rings is 1. The fourth-order valence-corrected chi connectivity index (χ4v) is 8.25. The van der Waals surface area contributed by atoms with Gasteiger partial charge in [-0.25, -0.2) is 0 Å². The molecule has 2 fully saturated rings. The third-order valence-electron chi connectivity index (χ3n) is 9.44. The van der Waals surface area contributed by atoms with Crippen LogP contribution in [0.25, 0.3) is 0 Å². The van der Waals surface area contributed by atoms with Gasteiger partial charge in [0, 0.05) is 30.6 Å². The van der Waals surface area contributed by atoms with Crippen LogP contribution in [0.5, 0.6) is 11.5 Å². The number of carbonyl (C=O) groups excluding carboxylic acids is 1. The van der Waals surface area contributed by atoms with Gasteiger partial charge in [-0.05, 0) is 57.3 Å². The van der Waals surface area contributed by atoms with E-state index in [9.17, 15) is 4.79 Å². The first-order valence-electron chi connectivity index (χ1n) is 11.8. The summed E-state index contributed by atoms with van der Waals surface area (Å²) in [6.45, 7) is 3.12. The maximum absolute atomic E-state index is 13.5. The molecule has 0 radical (unpaired) electrons. The van der Waals surface area contributed by atoms with Crippen LogP contribution in [0, 0.1) is 11.3 Å². The number of fused-ring (bicyclic) bond motifs is 1. The number of aryl methyl sites for hydroxylation is 1. The molecule has 6 atom stereocenters. The molecule has 1 saturated heterocycles. The van der Waals surface area contributed by atoms with Crippen LogP contribution >= 0.6 is 0 Å². The van der Waals surface area contributed by atoms with Crippen molar-refractivity contribution in [3.8, 4) is 11.5 Å². The van der Waals surface area contributed by atoms with Crippen molar-refractivity contribution in [3.05, 3.63) is 35.4 Å². The van der Waals surface area contributed by atoms with Crippen LogP contribution in [0.2, 0.25) is 0 Å². The third kappa shape index (κ3) is 2.04. The summed E-state index contributed by atoms with van der Waals surface area (Å²) in [5.74, 6) is 1.85. The van der Waals surface area contributed by atoms with Gasteiger partial charge in [0.15, 0.2) is 11.5 Å². The van der Waals surface area contributed by atoms with E-state index in [0.717, 1.165) is 50.1 Å². The monoisotopic (exact) mass is 423 g/mol. The highest BCUT2D eigenvalue weighted by atomic mass is 16.6. The highest BCUT2D eigenvalue weighted by Crippen LogP contribution is 2.73. The summed E-state index contributed by atoms with van der Waals surface area (Å²) in [7, 11) is 5.74. The van der Waals surface area contributed by atoms with Gasteiger partial charge in [-0.2, -0.15) is 0 Å².